The number of likely N-dealkylation sites (tertiary alicyclic amines) is 1. The number of nitrogens with one attached hydrogen (secondary N) is 1. The third kappa shape index (κ3) is 6.97. The molecule has 5 nitrogen and oxygen atoms in total. The van der Waals surface area contributed by atoms with E-state index in [2.05, 4.69) is 10.2 Å². The van der Waals surface area contributed by atoms with Crippen LogP contribution in [0.1, 0.15) is 27.2 Å². The first-order valence-electron chi connectivity index (χ1n) is 8.37. The lowest BCUT2D eigenvalue weighted by molar-refractivity contribution is 0.119. The van der Waals surface area contributed by atoms with Crippen LogP contribution in [0, 0.1) is 5.92 Å². The fourth-order valence-corrected chi connectivity index (χ4v) is 2.74. The van der Waals surface area contributed by atoms with Crippen molar-refractivity contribution in [2.75, 3.05) is 32.8 Å². The number of alkyl carbamates (subject to hydrolysis) is 1. The molecule has 0 aromatic heterocycles. The molecule has 0 saturated carbocycles. The zero-order valence-corrected chi connectivity index (χ0v) is 15.4. The second-order valence-corrected chi connectivity index (χ2v) is 7.67. The van der Waals surface area contributed by atoms with E-state index in [0.717, 1.165) is 31.8 Å². The molecule has 1 saturated heterocycles. The molecular weight excluding hydrogens is 328 g/mol. The summed E-state index contributed by atoms with van der Waals surface area (Å²) in [4.78, 5) is 14.0. The molecule has 1 heterocycles. The molecule has 2 rings (SSSR count). The van der Waals surface area contributed by atoms with Crippen LogP contribution >= 0.6 is 11.6 Å². The number of hydrogen-bond donors (Lipinski definition) is 1. The maximum atomic E-state index is 11.7. The Balaban J connectivity index is 1.61. The molecule has 1 fully saturated rings. The molecular formula is C18H27ClN2O3. The Labute approximate surface area is 149 Å². The van der Waals surface area contributed by atoms with Gasteiger partial charge in [-0.3, -0.25) is 4.90 Å². The van der Waals surface area contributed by atoms with E-state index in [1.165, 1.54) is 0 Å². The second kappa shape index (κ2) is 8.58. The SMILES string of the molecule is CC(C)(C)NC(=O)OCC1CCN(CCOc2ccc(Cl)cc2)C1. The van der Waals surface area contributed by atoms with Crippen molar-refractivity contribution in [3.05, 3.63) is 29.3 Å². The number of ether oxygens (including phenoxy) is 2. The van der Waals surface area contributed by atoms with Gasteiger partial charge in [-0.1, -0.05) is 11.6 Å². The minimum absolute atomic E-state index is 0.266. The number of benzene rings is 1. The van der Waals surface area contributed by atoms with Crippen LogP contribution in [0.5, 0.6) is 5.75 Å². The Morgan fingerprint density at radius 1 is 1.33 bits per heavy atom. The molecule has 1 atom stereocenters. The Morgan fingerprint density at radius 2 is 2.04 bits per heavy atom. The summed E-state index contributed by atoms with van der Waals surface area (Å²) in [5, 5.41) is 3.52. The van der Waals surface area contributed by atoms with Gasteiger partial charge in [0.1, 0.15) is 12.4 Å². The lowest BCUT2D eigenvalue weighted by Crippen LogP contribution is -2.41. The van der Waals surface area contributed by atoms with Crippen molar-refractivity contribution < 1.29 is 14.3 Å². The molecule has 1 unspecified atom stereocenters. The van der Waals surface area contributed by atoms with E-state index in [0.29, 0.717) is 24.2 Å². The van der Waals surface area contributed by atoms with Gasteiger partial charge in [0.2, 0.25) is 0 Å². The Morgan fingerprint density at radius 3 is 2.71 bits per heavy atom. The summed E-state index contributed by atoms with van der Waals surface area (Å²) in [6, 6.07) is 7.39. The normalized spacial score (nSPS) is 18.4. The van der Waals surface area contributed by atoms with Crippen LogP contribution in [0.2, 0.25) is 5.02 Å². The quantitative estimate of drug-likeness (QED) is 0.848. The molecule has 1 N–H and O–H groups in total. The van der Waals surface area contributed by atoms with Gasteiger partial charge in [0.25, 0.3) is 0 Å². The lowest BCUT2D eigenvalue weighted by Gasteiger charge is -2.21. The minimum Gasteiger partial charge on any atom is -0.492 e. The van der Waals surface area contributed by atoms with E-state index < -0.39 is 0 Å². The van der Waals surface area contributed by atoms with Crippen molar-refractivity contribution in [2.45, 2.75) is 32.7 Å². The minimum atomic E-state index is -0.341. The fraction of sp³-hybridized carbons (Fsp3) is 0.611. The molecule has 6 heteroatoms. The summed E-state index contributed by atoms with van der Waals surface area (Å²) < 4.78 is 11.0. The monoisotopic (exact) mass is 354 g/mol. The van der Waals surface area contributed by atoms with Crippen LogP contribution in [0.25, 0.3) is 0 Å². The van der Waals surface area contributed by atoms with Crippen LogP contribution in [-0.2, 0) is 4.74 Å². The van der Waals surface area contributed by atoms with E-state index in [1.807, 2.05) is 45.0 Å². The van der Waals surface area contributed by atoms with E-state index in [-0.39, 0.29) is 11.6 Å². The van der Waals surface area contributed by atoms with Crippen LogP contribution in [0.15, 0.2) is 24.3 Å². The summed E-state index contributed by atoms with van der Waals surface area (Å²) in [7, 11) is 0. The summed E-state index contributed by atoms with van der Waals surface area (Å²) in [5.41, 5.74) is -0.266. The molecule has 0 bridgehead atoms. The standard InChI is InChI=1S/C18H27ClN2O3/c1-18(2,3)20-17(22)24-13-14-8-9-21(12-14)10-11-23-16-6-4-15(19)5-7-16/h4-7,14H,8-13H2,1-3H3,(H,20,22). The van der Waals surface area contributed by atoms with Crippen LogP contribution < -0.4 is 10.1 Å². The molecule has 1 aromatic carbocycles. The van der Waals surface area contributed by atoms with Gasteiger partial charge in [0.15, 0.2) is 0 Å². The molecule has 1 aromatic rings. The number of carbonyl (C=O) groups is 1. The third-order valence-corrected chi connectivity index (χ3v) is 4.04. The predicted octanol–water partition coefficient (Wildman–Crippen LogP) is 3.57. The van der Waals surface area contributed by atoms with Gasteiger partial charge in [0.05, 0.1) is 6.61 Å². The van der Waals surface area contributed by atoms with Crippen molar-refractivity contribution in [3.63, 3.8) is 0 Å². The van der Waals surface area contributed by atoms with Gasteiger partial charge >= 0.3 is 6.09 Å². The zero-order chi connectivity index (χ0) is 17.6. The molecule has 0 spiro atoms. The van der Waals surface area contributed by atoms with Crippen molar-refractivity contribution in [1.82, 2.24) is 10.2 Å². The lowest BCUT2D eigenvalue weighted by atomic mass is 10.1. The average Bonchev–Trinajstić information content (AvgIpc) is 2.93. The first kappa shape index (κ1) is 18.9. The van der Waals surface area contributed by atoms with Gasteiger partial charge in [-0.15, -0.1) is 0 Å². The third-order valence-electron chi connectivity index (χ3n) is 3.79. The average molecular weight is 355 g/mol. The van der Waals surface area contributed by atoms with Crippen LogP contribution in [-0.4, -0.2) is 49.4 Å². The first-order valence-corrected chi connectivity index (χ1v) is 8.75. The van der Waals surface area contributed by atoms with E-state index in [4.69, 9.17) is 21.1 Å². The van der Waals surface area contributed by atoms with Gasteiger partial charge in [-0.2, -0.15) is 0 Å². The summed E-state index contributed by atoms with van der Waals surface area (Å²) >= 11 is 5.85. The van der Waals surface area contributed by atoms with E-state index >= 15 is 0 Å². The highest BCUT2D eigenvalue weighted by Gasteiger charge is 2.24. The topological polar surface area (TPSA) is 50.8 Å². The number of amides is 1. The highest BCUT2D eigenvalue weighted by molar-refractivity contribution is 6.30. The van der Waals surface area contributed by atoms with Crippen molar-refractivity contribution in [3.8, 4) is 5.75 Å². The number of hydrogen-bond acceptors (Lipinski definition) is 4. The summed E-state index contributed by atoms with van der Waals surface area (Å²) in [6.07, 6.45) is 0.705. The fourth-order valence-electron chi connectivity index (χ4n) is 2.61. The van der Waals surface area contributed by atoms with E-state index in [9.17, 15) is 4.79 Å². The van der Waals surface area contributed by atoms with Gasteiger partial charge in [0, 0.05) is 29.6 Å². The van der Waals surface area contributed by atoms with Crippen molar-refractivity contribution in [2.24, 2.45) is 5.92 Å². The number of carbonyl (C=O) groups excluding carboxylic acids is 1. The van der Waals surface area contributed by atoms with E-state index in [1.54, 1.807) is 0 Å². The number of nitrogens with zero attached hydrogens (tertiary/aromatic N) is 1. The second-order valence-electron chi connectivity index (χ2n) is 7.23. The summed E-state index contributed by atoms with van der Waals surface area (Å²) in [6.45, 7) is 9.74. The molecule has 1 aliphatic rings. The van der Waals surface area contributed by atoms with Gasteiger partial charge in [-0.05, 0) is 58.0 Å². The van der Waals surface area contributed by atoms with Crippen LogP contribution in [0.4, 0.5) is 4.79 Å². The van der Waals surface area contributed by atoms with Gasteiger partial charge in [-0.25, -0.2) is 4.79 Å². The highest BCUT2D eigenvalue weighted by Crippen LogP contribution is 2.18. The maximum Gasteiger partial charge on any atom is 0.407 e. The zero-order valence-electron chi connectivity index (χ0n) is 14.7. The van der Waals surface area contributed by atoms with Gasteiger partial charge < -0.3 is 14.8 Å². The molecule has 134 valence electrons. The molecule has 1 amide bonds. The molecule has 1 aliphatic heterocycles. The van der Waals surface area contributed by atoms with Crippen LogP contribution in [0.3, 0.4) is 0 Å². The largest absolute Gasteiger partial charge is 0.492 e. The highest BCUT2D eigenvalue weighted by atomic mass is 35.5. The predicted molar refractivity (Wildman–Crippen MR) is 95.7 cm³/mol. The Kier molecular flexibility index (Phi) is 6.75. The molecule has 24 heavy (non-hydrogen) atoms. The molecule has 0 aliphatic carbocycles. The molecule has 0 radical (unpaired) electrons. The van der Waals surface area contributed by atoms with Crippen molar-refractivity contribution in [1.29, 1.82) is 0 Å². The first-order chi connectivity index (χ1) is 11.3. The maximum absolute atomic E-state index is 11.7. The number of rotatable bonds is 6. The Bertz CT molecular complexity index is 528. The Hall–Kier alpha value is -1.46. The summed E-state index contributed by atoms with van der Waals surface area (Å²) in [5.74, 6) is 1.23. The van der Waals surface area contributed by atoms with Crippen molar-refractivity contribution >= 4 is 17.7 Å². The smallest absolute Gasteiger partial charge is 0.407 e. The number of halogens is 1.